The van der Waals surface area contributed by atoms with Crippen LogP contribution in [0.15, 0.2) is 29.2 Å². The van der Waals surface area contributed by atoms with Gasteiger partial charge in [-0.1, -0.05) is 39.3 Å². The second kappa shape index (κ2) is 8.54. The molecular weight excluding hydrogens is 245 g/mol. The van der Waals surface area contributed by atoms with E-state index in [0.29, 0.717) is 12.0 Å². The van der Waals surface area contributed by atoms with Gasteiger partial charge in [0.2, 0.25) is 0 Å². The van der Waals surface area contributed by atoms with E-state index in [1.165, 1.54) is 6.07 Å². The lowest BCUT2D eigenvalue weighted by Crippen LogP contribution is -2.37. The van der Waals surface area contributed by atoms with Crippen LogP contribution in [0, 0.1) is 11.7 Å². The molecule has 0 saturated heterocycles. The van der Waals surface area contributed by atoms with Gasteiger partial charge in [-0.05, 0) is 31.0 Å². The first-order chi connectivity index (χ1) is 8.69. The minimum Gasteiger partial charge on any atom is -0.313 e. The zero-order chi connectivity index (χ0) is 13.4. The number of hydrogen-bond acceptors (Lipinski definition) is 2. The highest BCUT2D eigenvalue weighted by molar-refractivity contribution is 7.99. The van der Waals surface area contributed by atoms with E-state index in [1.807, 2.05) is 12.1 Å². The number of thioether (sulfide) groups is 1. The van der Waals surface area contributed by atoms with Crippen LogP contribution in [0.4, 0.5) is 4.39 Å². The fourth-order valence-corrected chi connectivity index (χ4v) is 2.97. The number of benzene rings is 1. The van der Waals surface area contributed by atoms with Gasteiger partial charge < -0.3 is 5.32 Å². The van der Waals surface area contributed by atoms with E-state index in [1.54, 1.807) is 17.8 Å². The van der Waals surface area contributed by atoms with Gasteiger partial charge in [0.25, 0.3) is 0 Å². The summed E-state index contributed by atoms with van der Waals surface area (Å²) in [5.41, 5.74) is 0. The summed E-state index contributed by atoms with van der Waals surface area (Å²) in [7, 11) is 0. The van der Waals surface area contributed by atoms with Crippen LogP contribution in [0.1, 0.15) is 33.6 Å². The Kier molecular flexibility index (Phi) is 7.36. The first-order valence-corrected chi connectivity index (χ1v) is 7.78. The average Bonchev–Trinajstić information content (AvgIpc) is 2.40. The minimum atomic E-state index is -0.110. The Morgan fingerprint density at radius 2 is 2.00 bits per heavy atom. The molecule has 0 saturated carbocycles. The first kappa shape index (κ1) is 15.5. The van der Waals surface area contributed by atoms with Gasteiger partial charge in [0.05, 0.1) is 0 Å². The van der Waals surface area contributed by atoms with Gasteiger partial charge in [-0.2, -0.15) is 0 Å². The van der Waals surface area contributed by atoms with Gasteiger partial charge in [0, 0.05) is 16.7 Å². The largest absolute Gasteiger partial charge is 0.313 e. The molecule has 1 nitrogen and oxygen atoms in total. The Hall–Kier alpha value is -0.540. The fraction of sp³-hybridized carbons (Fsp3) is 0.600. The lowest BCUT2D eigenvalue weighted by atomic mass is 10.0. The summed E-state index contributed by atoms with van der Waals surface area (Å²) in [5.74, 6) is 1.44. The molecule has 0 aliphatic carbocycles. The van der Waals surface area contributed by atoms with Gasteiger partial charge >= 0.3 is 0 Å². The molecule has 1 aromatic rings. The van der Waals surface area contributed by atoms with Crippen molar-refractivity contribution in [3.05, 3.63) is 30.1 Å². The van der Waals surface area contributed by atoms with Gasteiger partial charge in [-0.3, -0.25) is 0 Å². The predicted octanol–water partition coefficient (Wildman–Crippen LogP) is 4.33. The van der Waals surface area contributed by atoms with Crippen LogP contribution in [0.5, 0.6) is 0 Å². The van der Waals surface area contributed by atoms with E-state index >= 15 is 0 Å². The van der Waals surface area contributed by atoms with Crippen molar-refractivity contribution in [3.63, 3.8) is 0 Å². The summed E-state index contributed by atoms with van der Waals surface area (Å²) in [6, 6.07) is 7.47. The Balaban J connectivity index is 2.53. The number of halogens is 1. The molecule has 0 aromatic heterocycles. The molecule has 2 unspecified atom stereocenters. The van der Waals surface area contributed by atoms with Crippen LogP contribution in [-0.2, 0) is 0 Å². The molecule has 102 valence electrons. The van der Waals surface area contributed by atoms with Crippen LogP contribution in [0.2, 0.25) is 0 Å². The van der Waals surface area contributed by atoms with Crippen molar-refractivity contribution in [3.8, 4) is 0 Å². The zero-order valence-corrected chi connectivity index (χ0v) is 12.4. The van der Waals surface area contributed by atoms with Crippen LogP contribution >= 0.6 is 11.8 Å². The molecule has 1 rings (SSSR count). The highest BCUT2D eigenvalue weighted by Gasteiger charge is 2.15. The molecule has 0 spiro atoms. The zero-order valence-electron chi connectivity index (χ0n) is 11.6. The van der Waals surface area contributed by atoms with Crippen molar-refractivity contribution in [2.75, 3.05) is 12.3 Å². The first-order valence-electron chi connectivity index (χ1n) is 6.79. The van der Waals surface area contributed by atoms with E-state index in [9.17, 15) is 4.39 Å². The SMILES string of the molecule is CCCNC(CSc1ccccc1F)C(C)CC. The molecule has 0 aliphatic rings. The van der Waals surface area contributed by atoms with Gasteiger partial charge in [0.15, 0.2) is 0 Å². The molecule has 0 radical (unpaired) electrons. The molecule has 0 fully saturated rings. The van der Waals surface area contributed by atoms with Crippen molar-refractivity contribution < 1.29 is 4.39 Å². The van der Waals surface area contributed by atoms with E-state index in [2.05, 4.69) is 26.1 Å². The van der Waals surface area contributed by atoms with Crippen LogP contribution in [0.25, 0.3) is 0 Å². The summed E-state index contributed by atoms with van der Waals surface area (Å²) in [6.07, 6.45) is 2.29. The van der Waals surface area contributed by atoms with E-state index in [0.717, 1.165) is 30.0 Å². The van der Waals surface area contributed by atoms with Crippen LogP contribution in [0.3, 0.4) is 0 Å². The standard InChI is InChI=1S/C15H24FNS/c1-4-10-17-14(12(3)5-2)11-18-15-9-7-6-8-13(15)16/h6-9,12,14,17H,4-5,10-11H2,1-3H3. The normalized spacial score (nSPS) is 14.4. The lowest BCUT2D eigenvalue weighted by molar-refractivity contribution is 0.397. The molecule has 0 heterocycles. The summed E-state index contributed by atoms with van der Waals surface area (Å²) < 4.78 is 13.5. The maximum Gasteiger partial charge on any atom is 0.136 e. The highest BCUT2D eigenvalue weighted by Crippen LogP contribution is 2.24. The van der Waals surface area contributed by atoms with Crippen LogP contribution < -0.4 is 5.32 Å². The van der Waals surface area contributed by atoms with E-state index in [-0.39, 0.29) is 5.82 Å². The molecule has 0 aliphatic heterocycles. The maximum absolute atomic E-state index is 13.5. The molecule has 0 bridgehead atoms. The second-order valence-electron chi connectivity index (χ2n) is 4.69. The molecule has 2 atom stereocenters. The number of nitrogens with one attached hydrogen (secondary N) is 1. The number of rotatable bonds is 8. The summed E-state index contributed by atoms with van der Waals surface area (Å²) in [6.45, 7) is 7.67. The van der Waals surface area contributed by atoms with Gasteiger partial charge in [0.1, 0.15) is 5.82 Å². The Morgan fingerprint density at radius 3 is 2.61 bits per heavy atom. The molecule has 1 N–H and O–H groups in total. The topological polar surface area (TPSA) is 12.0 Å². The maximum atomic E-state index is 13.5. The van der Waals surface area contributed by atoms with E-state index < -0.39 is 0 Å². The minimum absolute atomic E-state index is 0.110. The molecule has 0 amide bonds. The molecule has 3 heteroatoms. The molecular formula is C15H24FNS. The van der Waals surface area contributed by atoms with Crippen molar-refractivity contribution in [1.29, 1.82) is 0 Å². The molecule has 18 heavy (non-hydrogen) atoms. The monoisotopic (exact) mass is 269 g/mol. The van der Waals surface area contributed by atoms with Gasteiger partial charge in [-0.15, -0.1) is 11.8 Å². The van der Waals surface area contributed by atoms with Crippen LogP contribution in [-0.4, -0.2) is 18.3 Å². The highest BCUT2D eigenvalue weighted by atomic mass is 32.2. The Morgan fingerprint density at radius 1 is 1.28 bits per heavy atom. The number of hydrogen-bond donors (Lipinski definition) is 1. The summed E-state index contributed by atoms with van der Waals surface area (Å²) in [4.78, 5) is 0.754. The lowest BCUT2D eigenvalue weighted by Gasteiger charge is -2.24. The van der Waals surface area contributed by atoms with Crippen molar-refractivity contribution in [1.82, 2.24) is 5.32 Å². The predicted molar refractivity (Wildman–Crippen MR) is 78.7 cm³/mol. The Labute approximate surface area is 115 Å². The third kappa shape index (κ3) is 4.99. The van der Waals surface area contributed by atoms with Gasteiger partial charge in [-0.25, -0.2) is 4.39 Å². The summed E-state index contributed by atoms with van der Waals surface area (Å²) in [5, 5.41) is 3.57. The quantitative estimate of drug-likeness (QED) is 0.705. The smallest absolute Gasteiger partial charge is 0.136 e. The summed E-state index contributed by atoms with van der Waals surface area (Å²) >= 11 is 1.61. The third-order valence-electron chi connectivity index (χ3n) is 3.24. The molecule has 1 aromatic carbocycles. The van der Waals surface area contributed by atoms with Crippen molar-refractivity contribution >= 4 is 11.8 Å². The van der Waals surface area contributed by atoms with Crippen molar-refractivity contribution in [2.45, 2.75) is 44.6 Å². The van der Waals surface area contributed by atoms with Crippen molar-refractivity contribution in [2.24, 2.45) is 5.92 Å². The average molecular weight is 269 g/mol. The third-order valence-corrected chi connectivity index (χ3v) is 4.41. The second-order valence-corrected chi connectivity index (χ2v) is 5.75. The fourth-order valence-electron chi connectivity index (χ4n) is 1.78. The Bertz CT molecular complexity index is 343. The van der Waals surface area contributed by atoms with E-state index in [4.69, 9.17) is 0 Å².